The Hall–Kier alpha value is -2.80. The van der Waals surface area contributed by atoms with Crippen molar-refractivity contribution >= 4 is 15.9 Å². The number of halogens is 1. The lowest BCUT2D eigenvalue weighted by Gasteiger charge is -2.03. The minimum absolute atomic E-state index is 0.558. The molecule has 25 heavy (non-hydrogen) atoms. The van der Waals surface area contributed by atoms with E-state index in [-0.39, 0.29) is 0 Å². The van der Waals surface area contributed by atoms with Crippen molar-refractivity contribution in [3.8, 4) is 11.4 Å². The molecule has 0 saturated heterocycles. The lowest BCUT2D eigenvalue weighted by molar-refractivity contribution is 0.573. The highest BCUT2D eigenvalue weighted by Gasteiger charge is 2.15. The number of rotatable bonds is 5. The molecule has 2 aromatic carbocycles. The van der Waals surface area contributed by atoms with Gasteiger partial charge in [-0.15, -0.1) is 10.2 Å². The van der Waals surface area contributed by atoms with Crippen LogP contribution in [0.1, 0.15) is 11.1 Å². The zero-order chi connectivity index (χ0) is 17.1. The highest BCUT2D eigenvalue weighted by atomic mass is 79.9. The summed E-state index contributed by atoms with van der Waals surface area (Å²) in [6, 6.07) is 20.2. The summed E-state index contributed by atoms with van der Waals surface area (Å²) < 4.78 is 2.72. The van der Waals surface area contributed by atoms with Gasteiger partial charge in [-0.1, -0.05) is 60.7 Å². The van der Waals surface area contributed by atoms with Crippen molar-refractivity contribution in [2.75, 3.05) is 0 Å². The second-order valence-corrected chi connectivity index (χ2v) is 6.37. The Morgan fingerprint density at radius 1 is 0.840 bits per heavy atom. The van der Waals surface area contributed by atoms with E-state index in [9.17, 15) is 0 Å². The maximum atomic E-state index is 4.47. The lowest BCUT2D eigenvalue weighted by Crippen LogP contribution is -2.03. The van der Waals surface area contributed by atoms with E-state index in [2.05, 4.69) is 48.6 Å². The summed E-state index contributed by atoms with van der Waals surface area (Å²) in [5.41, 5.74) is 3.14. The molecule has 0 aliphatic rings. The van der Waals surface area contributed by atoms with Crippen LogP contribution in [0.4, 0.5) is 0 Å². The van der Waals surface area contributed by atoms with Gasteiger partial charge in [0, 0.05) is 0 Å². The average Bonchev–Trinajstić information content (AvgIpc) is 3.24. The molecule has 0 aliphatic heterocycles. The van der Waals surface area contributed by atoms with Crippen LogP contribution in [0.2, 0.25) is 0 Å². The van der Waals surface area contributed by atoms with Gasteiger partial charge in [0.05, 0.1) is 24.8 Å². The Balaban J connectivity index is 1.55. The zero-order valence-electron chi connectivity index (χ0n) is 13.3. The second-order valence-electron chi connectivity index (χ2n) is 5.62. The predicted molar refractivity (Wildman–Crippen MR) is 97.8 cm³/mol. The van der Waals surface area contributed by atoms with Crippen molar-refractivity contribution in [3.63, 3.8) is 0 Å². The molecule has 0 aliphatic carbocycles. The Morgan fingerprint density at radius 3 is 2.16 bits per heavy atom. The van der Waals surface area contributed by atoms with Crippen molar-refractivity contribution in [2.24, 2.45) is 0 Å². The van der Waals surface area contributed by atoms with Crippen LogP contribution in [0.25, 0.3) is 11.4 Å². The summed E-state index contributed by atoms with van der Waals surface area (Å²) in [5.74, 6) is 0.558. The molecule has 0 radical (unpaired) electrons. The first-order chi connectivity index (χ1) is 12.3. The van der Waals surface area contributed by atoms with E-state index >= 15 is 0 Å². The molecular formula is C18H15BrN6. The molecule has 124 valence electrons. The number of tetrazole rings is 1. The SMILES string of the molecule is Brc1c(-c2nnn(Cc3ccccc3)n2)cnn1Cc1ccccc1. The van der Waals surface area contributed by atoms with Crippen molar-refractivity contribution in [1.29, 1.82) is 0 Å². The second kappa shape index (κ2) is 6.98. The molecule has 0 atom stereocenters. The standard InChI is InChI=1S/C18H15BrN6/c19-17-16(11-20-24(17)12-14-7-3-1-4-8-14)18-21-23-25(22-18)13-15-9-5-2-6-10-15/h1-11H,12-13H2. The number of hydrogen-bond donors (Lipinski definition) is 0. The van der Waals surface area contributed by atoms with E-state index in [1.54, 1.807) is 11.0 Å². The molecular weight excluding hydrogens is 380 g/mol. The van der Waals surface area contributed by atoms with E-state index in [0.29, 0.717) is 18.9 Å². The molecule has 7 heteroatoms. The van der Waals surface area contributed by atoms with Crippen LogP contribution in [0.15, 0.2) is 71.5 Å². The lowest BCUT2D eigenvalue weighted by atomic mass is 10.2. The summed E-state index contributed by atoms with van der Waals surface area (Å²) in [5, 5.41) is 17.2. The summed E-state index contributed by atoms with van der Waals surface area (Å²) >= 11 is 3.60. The van der Waals surface area contributed by atoms with E-state index in [1.165, 1.54) is 5.56 Å². The van der Waals surface area contributed by atoms with Gasteiger partial charge in [0.15, 0.2) is 0 Å². The highest BCUT2D eigenvalue weighted by molar-refractivity contribution is 9.10. The van der Waals surface area contributed by atoms with Gasteiger partial charge in [0.2, 0.25) is 5.82 Å². The van der Waals surface area contributed by atoms with E-state index in [4.69, 9.17) is 0 Å². The van der Waals surface area contributed by atoms with Gasteiger partial charge in [-0.2, -0.15) is 9.90 Å². The van der Waals surface area contributed by atoms with Crippen LogP contribution in [0, 0.1) is 0 Å². The van der Waals surface area contributed by atoms with Gasteiger partial charge < -0.3 is 0 Å². The molecule has 4 aromatic rings. The van der Waals surface area contributed by atoms with Gasteiger partial charge in [0.25, 0.3) is 0 Å². The molecule has 0 saturated carbocycles. The van der Waals surface area contributed by atoms with Crippen LogP contribution < -0.4 is 0 Å². The third-order valence-corrected chi connectivity index (χ3v) is 4.65. The Morgan fingerprint density at radius 2 is 1.48 bits per heavy atom. The Labute approximate surface area is 153 Å². The molecule has 0 spiro atoms. The number of hydrogen-bond acceptors (Lipinski definition) is 4. The third-order valence-electron chi connectivity index (χ3n) is 3.81. The van der Waals surface area contributed by atoms with Crippen LogP contribution in [0.5, 0.6) is 0 Å². The van der Waals surface area contributed by atoms with Crippen LogP contribution >= 0.6 is 15.9 Å². The fourth-order valence-corrected chi connectivity index (χ4v) is 3.05. The number of benzene rings is 2. The fourth-order valence-electron chi connectivity index (χ4n) is 2.55. The Bertz CT molecular complexity index is 962. The summed E-state index contributed by atoms with van der Waals surface area (Å²) in [6.45, 7) is 1.27. The minimum Gasteiger partial charge on any atom is -0.253 e. The van der Waals surface area contributed by atoms with Gasteiger partial charge in [-0.05, 0) is 32.3 Å². The van der Waals surface area contributed by atoms with Crippen molar-refractivity contribution in [2.45, 2.75) is 13.1 Å². The molecule has 0 unspecified atom stereocenters. The van der Waals surface area contributed by atoms with E-state index in [0.717, 1.165) is 15.7 Å². The average molecular weight is 395 g/mol. The van der Waals surface area contributed by atoms with E-state index < -0.39 is 0 Å². The molecule has 2 aromatic heterocycles. The minimum atomic E-state index is 0.558. The number of nitrogens with zero attached hydrogens (tertiary/aromatic N) is 6. The largest absolute Gasteiger partial charge is 0.253 e. The molecule has 4 rings (SSSR count). The zero-order valence-corrected chi connectivity index (χ0v) is 14.9. The first-order valence-electron chi connectivity index (χ1n) is 7.87. The number of aromatic nitrogens is 6. The van der Waals surface area contributed by atoms with Gasteiger partial charge >= 0.3 is 0 Å². The van der Waals surface area contributed by atoms with Crippen molar-refractivity contribution < 1.29 is 0 Å². The maximum Gasteiger partial charge on any atom is 0.209 e. The van der Waals surface area contributed by atoms with Crippen LogP contribution in [-0.2, 0) is 13.1 Å². The monoisotopic (exact) mass is 394 g/mol. The molecule has 0 bridgehead atoms. The molecule has 6 nitrogen and oxygen atoms in total. The Kier molecular flexibility index (Phi) is 4.39. The van der Waals surface area contributed by atoms with Crippen LogP contribution in [-0.4, -0.2) is 30.0 Å². The quantitative estimate of drug-likeness (QED) is 0.520. The van der Waals surface area contributed by atoms with Gasteiger partial charge in [-0.25, -0.2) is 0 Å². The van der Waals surface area contributed by atoms with Crippen molar-refractivity contribution in [1.82, 2.24) is 30.0 Å². The first-order valence-corrected chi connectivity index (χ1v) is 8.66. The molecule has 0 N–H and O–H groups in total. The highest BCUT2D eigenvalue weighted by Crippen LogP contribution is 2.25. The smallest absolute Gasteiger partial charge is 0.209 e. The summed E-state index contributed by atoms with van der Waals surface area (Å²) in [6.07, 6.45) is 1.76. The molecule has 0 amide bonds. The van der Waals surface area contributed by atoms with Gasteiger partial charge in [-0.3, -0.25) is 4.68 Å². The maximum absolute atomic E-state index is 4.47. The molecule has 0 fully saturated rings. The first kappa shape index (κ1) is 15.7. The normalized spacial score (nSPS) is 10.9. The topological polar surface area (TPSA) is 61.4 Å². The third kappa shape index (κ3) is 3.51. The molecule has 2 heterocycles. The van der Waals surface area contributed by atoms with E-state index in [1.807, 2.05) is 53.2 Å². The van der Waals surface area contributed by atoms with Crippen LogP contribution in [0.3, 0.4) is 0 Å². The predicted octanol–water partition coefficient (Wildman–Crippen LogP) is 3.40. The fraction of sp³-hybridized carbons (Fsp3) is 0.111. The van der Waals surface area contributed by atoms with Crippen molar-refractivity contribution in [3.05, 3.63) is 82.6 Å². The van der Waals surface area contributed by atoms with Gasteiger partial charge in [0.1, 0.15) is 4.60 Å². The summed E-state index contributed by atoms with van der Waals surface area (Å²) in [4.78, 5) is 1.59. The summed E-state index contributed by atoms with van der Waals surface area (Å²) in [7, 11) is 0.